The Balaban J connectivity index is 1.79. The van der Waals surface area contributed by atoms with Crippen LogP contribution in [0.1, 0.15) is 18.7 Å². The average Bonchev–Trinajstić information content (AvgIpc) is 2.85. The van der Waals surface area contributed by atoms with Crippen molar-refractivity contribution in [2.75, 3.05) is 18.2 Å². The Morgan fingerprint density at radius 1 is 1.12 bits per heavy atom. The van der Waals surface area contributed by atoms with E-state index in [2.05, 4.69) is 27.4 Å². The molecule has 0 saturated heterocycles. The fraction of sp³-hybridized carbons (Fsp3) is 0.211. The van der Waals surface area contributed by atoms with E-state index in [9.17, 15) is 0 Å². The van der Waals surface area contributed by atoms with Gasteiger partial charge in [-0.15, -0.1) is 10.2 Å². The number of nitrogens with one attached hydrogen (secondary N) is 1. The molecule has 2 heterocycles. The first kappa shape index (κ1) is 16.7. The Bertz CT molecular complexity index is 918. The molecule has 4 rings (SSSR count). The molecule has 132 valence electrons. The fourth-order valence-corrected chi connectivity index (χ4v) is 3.27. The lowest BCUT2D eigenvalue weighted by atomic mass is 10.1. The number of para-hydroxylation sites is 1. The van der Waals surface area contributed by atoms with E-state index >= 15 is 0 Å². The van der Waals surface area contributed by atoms with Crippen molar-refractivity contribution in [1.29, 1.82) is 0 Å². The number of ether oxygens (including phenoxy) is 2. The van der Waals surface area contributed by atoms with Crippen molar-refractivity contribution in [3.63, 3.8) is 0 Å². The van der Waals surface area contributed by atoms with E-state index < -0.39 is 0 Å². The van der Waals surface area contributed by atoms with Crippen LogP contribution in [0.15, 0.2) is 53.7 Å². The average molecular weight is 366 g/mol. The Hall–Kier alpha value is -2.80. The Kier molecular flexibility index (Phi) is 4.62. The van der Waals surface area contributed by atoms with Crippen LogP contribution in [0.25, 0.3) is 11.3 Å². The van der Waals surface area contributed by atoms with E-state index in [0.29, 0.717) is 16.7 Å². The summed E-state index contributed by atoms with van der Waals surface area (Å²) in [6.45, 7) is 2.05. The fourth-order valence-electron chi connectivity index (χ4n) is 2.77. The van der Waals surface area contributed by atoms with Crippen molar-refractivity contribution in [2.24, 2.45) is 0 Å². The van der Waals surface area contributed by atoms with Crippen molar-refractivity contribution < 1.29 is 9.47 Å². The van der Waals surface area contributed by atoms with Gasteiger partial charge in [-0.25, -0.2) is 0 Å². The predicted octanol–water partition coefficient (Wildman–Crippen LogP) is 4.16. The van der Waals surface area contributed by atoms with Crippen LogP contribution < -0.4 is 14.8 Å². The van der Waals surface area contributed by atoms with Crippen LogP contribution >= 0.6 is 11.8 Å². The number of nitrogens with zero attached hydrogens (tertiary/aromatic N) is 3. The van der Waals surface area contributed by atoms with Gasteiger partial charge in [-0.1, -0.05) is 36.9 Å². The zero-order valence-electron chi connectivity index (χ0n) is 14.5. The summed E-state index contributed by atoms with van der Waals surface area (Å²) in [6, 6.07) is 15.7. The molecular weight excluding hydrogens is 348 g/mol. The first-order valence-corrected chi connectivity index (χ1v) is 9.31. The molecule has 0 radical (unpaired) electrons. The minimum absolute atomic E-state index is 0.389. The van der Waals surface area contributed by atoms with Crippen molar-refractivity contribution in [2.45, 2.75) is 18.3 Å². The van der Waals surface area contributed by atoms with Crippen LogP contribution in [0.4, 0.5) is 5.69 Å². The van der Waals surface area contributed by atoms with Gasteiger partial charge >= 0.3 is 0 Å². The molecule has 0 spiro atoms. The molecule has 0 aliphatic carbocycles. The van der Waals surface area contributed by atoms with E-state index in [1.807, 2.05) is 48.5 Å². The number of methoxy groups -OCH3 is 1. The summed E-state index contributed by atoms with van der Waals surface area (Å²) in [5, 5.41) is 12.6. The number of hydrogen-bond acceptors (Lipinski definition) is 7. The van der Waals surface area contributed by atoms with E-state index in [0.717, 1.165) is 28.3 Å². The molecule has 1 atom stereocenters. The Morgan fingerprint density at radius 2 is 1.92 bits per heavy atom. The second-order valence-corrected chi connectivity index (χ2v) is 6.87. The molecule has 1 N–H and O–H groups in total. The van der Waals surface area contributed by atoms with E-state index in [1.165, 1.54) is 11.8 Å². The number of benzene rings is 2. The Labute approximate surface area is 156 Å². The SMILES string of the molecule is CCSc1nnc2c(n1)OC(c1ccc(OC)cc1)Nc1ccccc1-2. The van der Waals surface area contributed by atoms with Crippen molar-refractivity contribution in [3.05, 3.63) is 54.1 Å². The molecule has 6 nitrogen and oxygen atoms in total. The summed E-state index contributed by atoms with van der Waals surface area (Å²) in [5.41, 5.74) is 3.46. The Morgan fingerprint density at radius 3 is 2.69 bits per heavy atom. The van der Waals surface area contributed by atoms with Gasteiger partial charge in [0, 0.05) is 16.8 Å². The summed E-state index contributed by atoms with van der Waals surface area (Å²) < 4.78 is 11.4. The highest BCUT2D eigenvalue weighted by Gasteiger charge is 2.25. The summed E-state index contributed by atoms with van der Waals surface area (Å²) in [6.07, 6.45) is -0.389. The van der Waals surface area contributed by atoms with Gasteiger partial charge in [-0.3, -0.25) is 0 Å². The lowest BCUT2D eigenvalue weighted by molar-refractivity contribution is 0.225. The molecule has 26 heavy (non-hydrogen) atoms. The zero-order chi connectivity index (χ0) is 17.9. The molecular formula is C19H18N4O2S. The van der Waals surface area contributed by atoms with Crippen molar-refractivity contribution >= 4 is 17.4 Å². The molecule has 1 unspecified atom stereocenters. The number of hydrogen-bond donors (Lipinski definition) is 1. The maximum absolute atomic E-state index is 6.21. The van der Waals surface area contributed by atoms with E-state index in [4.69, 9.17) is 9.47 Å². The first-order valence-electron chi connectivity index (χ1n) is 8.32. The highest BCUT2D eigenvalue weighted by Crippen LogP contribution is 2.39. The smallest absolute Gasteiger partial charge is 0.247 e. The largest absolute Gasteiger partial charge is 0.497 e. The lowest BCUT2D eigenvalue weighted by Crippen LogP contribution is -2.17. The van der Waals surface area contributed by atoms with Gasteiger partial charge in [0.05, 0.1) is 7.11 Å². The van der Waals surface area contributed by atoms with Gasteiger partial charge in [0.1, 0.15) is 5.75 Å². The molecule has 1 aliphatic rings. The second kappa shape index (κ2) is 7.21. The first-order chi connectivity index (χ1) is 12.8. The number of aromatic nitrogens is 3. The minimum atomic E-state index is -0.389. The monoisotopic (exact) mass is 366 g/mol. The lowest BCUT2D eigenvalue weighted by Gasteiger charge is -2.19. The zero-order valence-corrected chi connectivity index (χ0v) is 15.3. The molecule has 0 amide bonds. The van der Waals surface area contributed by atoms with Crippen molar-refractivity contribution in [3.8, 4) is 22.9 Å². The van der Waals surface area contributed by atoms with Gasteiger partial charge in [0.25, 0.3) is 0 Å². The molecule has 7 heteroatoms. The van der Waals surface area contributed by atoms with Crippen LogP contribution in [-0.4, -0.2) is 28.0 Å². The number of rotatable bonds is 4. The predicted molar refractivity (Wildman–Crippen MR) is 102 cm³/mol. The van der Waals surface area contributed by atoms with Gasteiger partial charge in [-0.2, -0.15) is 4.98 Å². The van der Waals surface area contributed by atoms with Crippen LogP contribution in [0.3, 0.4) is 0 Å². The minimum Gasteiger partial charge on any atom is -0.497 e. The molecule has 1 aromatic heterocycles. The summed E-state index contributed by atoms with van der Waals surface area (Å²) in [4.78, 5) is 4.57. The van der Waals surface area contributed by atoms with Crippen LogP contribution in [0.5, 0.6) is 11.6 Å². The van der Waals surface area contributed by atoms with Crippen LogP contribution in [-0.2, 0) is 0 Å². The standard InChI is InChI=1S/C19H18N4O2S/c1-3-26-19-21-18-16(22-23-19)14-6-4-5-7-15(14)20-17(25-18)12-8-10-13(24-2)11-9-12/h4-11,17,20H,3H2,1-2H3. The van der Waals surface area contributed by atoms with Gasteiger partial charge in [0.2, 0.25) is 11.0 Å². The molecule has 0 bridgehead atoms. The molecule has 0 fully saturated rings. The maximum Gasteiger partial charge on any atom is 0.247 e. The molecule has 2 aromatic carbocycles. The van der Waals surface area contributed by atoms with Gasteiger partial charge in [0.15, 0.2) is 11.9 Å². The highest BCUT2D eigenvalue weighted by molar-refractivity contribution is 7.99. The third kappa shape index (κ3) is 3.17. The summed E-state index contributed by atoms with van der Waals surface area (Å²) in [7, 11) is 1.65. The van der Waals surface area contributed by atoms with Crippen molar-refractivity contribution in [1.82, 2.24) is 15.2 Å². The molecule has 0 saturated carbocycles. The normalized spacial score (nSPS) is 15.1. The quantitative estimate of drug-likeness (QED) is 0.695. The topological polar surface area (TPSA) is 69.2 Å². The van der Waals surface area contributed by atoms with Gasteiger partial charge in [-0.05, 0) is 36.1 Å². The van der Waals surface area contributed by atoms with E-state index in [-0.39, 0.29) is 6.23 Å². The molecule has 1 aliphatic heterocycles. The van der Waals surface area contributed by atoms with Crippen LogP contribution in [0.2, 0.25) is 0 Å². The summed E-state index contributed by atoms with van der Waals surface area (Å²) in [5.74, 6) is 2.15. The maximum atomic E-state index is 6.21. The highest BCUT2D eigenvalue weighted by atomic mass is 32.2. The van der Waals surface area contributed by atoms with Gasteiger partial charge < -0.3 is 14.8 Å². The van der Waals surface area contributed by atoms with Crippen LogP contribution in [0, 0.1) is 0 Å². The number of fused-ring (bicyclic) bond motifs is 3. The summed E-state index contributed by atoms with van der Waals surface area (Å²) >= 11 is 1.54. The third-order valence-electron chi connectivity index (χ3n) is 4.03. The number of anilines is 1. The number of thioether (sulfide) groups is 1. The molecule has 3 aromatic rings. The third-order valence-corrected chi connectivity index (χ3v) is 4.75. The second-order valence-electron chi connectivity index (χ2n) is 5.64. The van der Waals surface area contributed by atoms with E-state index in [1.54, 1.807) is 7.11 Å².